The second-order valence-electron chi connectivity index (χ2n) is 7.35. The molecular weight excluding hydrogens is 422 g/mol. The molecule has 0 radical (unpaired) electrons. The summed E-state index contributed by atoms with van der Waals surface area (Å²) in [6.07, 6.45) is -0.108. The molecule has 3 aromatic carbocycles. The maximum atomic E-state index is 13.1. The average Bonchev–Trinajstić information content (AvgIpc) is 3.34. The quantitative estimate of drug-likeness (QED) is 0.196. The third-order valence-corrected chi connectivity index (χ3v) is 5.29. The van der Waals surface area contributed by atoms with Crippen LogP contribution in [0.3, 0.4) is 0 Å². The van der Waals surface area contributed by atoms with Gasteiger partial charge in [-0.3, -0.25) is 9.59 Å². The van der Waals surface area contributed by atoms with Crippen molar-refractivity contribution < 1.29 is 19.4 Å². The smallest absolute Gasteiger partial charge is 0.272 e. The summed E-state index contributed by atoms with van der Waals surface area (Å²) in [6.45, 7) is 0. The molecule has 2 unspecified atom stereocenters. The van der Waals surface area contributed by atoms with Crippen molar-refractivity contribution in [3.63, 3.8) is 0 Å². The van der Waals surface area contributed by atoms with E-state index in [1.807, 2.05) is 0 Å². The summed E-state index contributed by atoms with van der Waals surface area (Å²) in [5.41, 5.74) is 2.68. The van der Waals surface area contributed by atoms with Gasteiger partial charge in [-0.2, -0.15) is 0 Å². The minimum absolute atomic E-state index is 0.352. The number of aliphatic hydroxyl groups is 1. The number of nitrogens with zero attached hydrogens (tertiary/aromatic N) is 2. The molecule has 9 heteroatoms. The number of hydrogen-bond donors (Lipinski definition) is 4. The second kappa shape index (κ2) is 9.51. The van der Waals surface area contributed by atoms with Crippen molar-refractivity contribution >= 4 is 28.5 Å². The molecular formula is C24H23N5O4. The second-order valence-corrected chi connectivity index (χ2v) is 7.35. The number of benzene rings is 3. The number of nitrogens with one attached hydrogen (secondary N) is 2. The molecule has 0 bridgehead atoms. The van der Waals surface area contributed by atoms with E-state index in [0.717, 1.165) is 5.01 Å². The standard InChI is InChI=1S/C24H23N5O4/c1-33-18-10-7-16(8-11-18)23(31)28-21(15-5-3-2-4-6-15)22(30)24(32)29(25)17-9-12-19-20(13-17)27-14-26-19/h2-14,21-22,30H,25H2,1H3,(H,26,27)(H,28,31). The van der Waals surface area contributed by atoms with Crippen molar-refractivity contribution in [1.82, 2.24) is 15.3 Å². The fourth-order valence-corrected chi connectivity index (χ4v) is 3.46. The van der Waals surface area contributed by atoms with Crippen LogP contribution < -0.4 is 20.9 Å². The maximum Gasteiger partial charge on any atom is 0.272 e. The fourth-order valence-electron chi connectivity index (χ4n) is 3.46. The highest BCUT2D eigenvalue weighted by molar-refractivity contribution is 5.99. The molecule has 4 rings (SSSR count). The predicted molar refractivity (Wildman–Crippen MR) is 123 cm³/mol. The molecule has 0 aliphatic carbocycles. The number of aromatic nitrogens is 2. The van der Waals surface area contributed by atoms with Crippen LogP contribution >= 0.6 is 0 Å². The van der Waals surface area contributed by atoms with E-state index in [2.05, 4.69) is 15.3 Å². The zero-order chi connectivity index (χ0) is 23.4. The lowest BCUT2D eigenvalue weighted by Gasteiger charge is -2.27. The lowest BCUT2D eigenvalue weighted by atomic mass is 9.99. The van der Waals surface area contributed by atoms with E-state index >= 15 is 0 Å². The third kappa shape index (κ3) is 4.69. The lowest BCUT2D eigenvalue weighted by Crippen LogP contribution is -2.50. The molecule has 9 nitrogen and oxygen atoms in total. The number of hydrogen-bond acceptors (Lipinski definition) is 6. The molecule has 0 fully saturated rings. The number of fused-ring (bicyclic) bond motifs is 1. The average molecular weight is 445 g/mol. The van der Waals surface area contributed by atoms with Gasteiger partial charge in [-0.05, 0) is 48.0 Å². The van der Waals surface area contributed by atoms with Crippen LogP contribution in [0.5, 0.6) is 5.75 Å². The number of anilines is 1. The molecule has 4 aromatic rings. The molecule has 0 spiro atoms. The van der Waals surface area contributed by atoms with E-state index in [1.54, 1.807) is 72.8 Å². The first-order valence-corrected chi connectivity index (χ1v) is 10.2. The Hall–Kier alpha value is -4.21. The van der Waals surface area contributed by atoms with Gasteiger partial charge in [-0.25, -0.2) is 15.8 Å². The lowest BCUT2D eigenvalue weighted by molar-refractivity contribution is -0.128. The van der Waals surface area contributed by atoms with Crippen LogP contribution in [-0.2, 0) is 4.79 Å². The Labute approximate surface area is 189 Å². The number of methoxy groups -OCH3 is 1. The van der Waals surface area contributed by atoms with Crippen molar-refractivity contribution in [3.8, 4) is 5.75 Å². The highest BCUT2D eigenvalue weighted by Gasteiger charge is 2.32. The number of aromatic amines is 1. The van der Waals surface area contributed by atoms with Gasteiger partial charge in [-0.15, -0.1) is 0 Å². The summed E-state index contributed by atoms with van der Waals surface area (Å²) >= 11 is 0. The first-order chi connectivity index (χ1) is 16.0. The van der Waals surface area contributed by atoms with E-state index in [0.29, 0.717) is 33.6 Å². The summed E-state index contributed by atoms with van der Waals surface area (Å²) < 4.78 is 5.12. The van der Waals surface area contributed by atoms with Gasteiger partial charge in [0.05, 0.1) is 36.2 Å². The van der Waals surface area contributed by atoms with Gasteiger partial charge >= 0.3 is 0 Å². The minimum Gasteiger partial charge on any atom is -0.497 e. The summed E-state index contributed by atoms with van der Waals surface area (Å²) in [4.78, 5) is 33.1. The maximum absolute atomic E-state index is 13.1. The topological polar surface area (TPSA) is 134 Å². The Kier molecular flexibility index (Phi) is 6.34. The van der Waals surface area contributed by atoms with Gasteiger partial charge in [0.1, 0.15) is 5.75 Å². The van der Waals surface area contributed by atoms with Gasteiger partial charge in [0.25, 0.3) is 11.8 Å². The van der Waals surface area contributed by atoms with Gasteiger partial charge in [0, 0.05) is 5.56 Å². The number of carbonyl (C=O) groups is 2. The van der Waals surface area contributed by atoms with Crippen LogP contribution in [0.25, 0.3) is 11.0 Å². The van der Waals surface area contributed by atoms with Crippen LogP contribution in [0.2, 0.25) is 0 Å². The number of H-pyrrole nitrogens is 1. The number of imidazole rings is 1. The molecule has 33 heavy (non-hydrogen) atoms. The van der Waals surface area contributed by atoms with Crippen LogP contribution in [-0.4, -0.2) is 40.1 Å². The highest BCUT2D eigenvalue weighted by atomic mass is 16.5. The van der Waals surface area contributed by atoms with Gasteiger partial charge in [-0.1, -0.05) is 30.3 Å². The first-order valence-electron chi connectivity index (χ1n) is 10.2. The molecule has 2 atom stereocenters. The fraction of sp³-hybridized carbons (Fsp3) is 0.125. The predicted octanol–water partition coefficient (Wildman–Crippen LogP) is 2.31. The zero-order valence-electron chi connectivity index (χ0n) is 17.8. The minimum atomic E-state index is -1.64. The third-order valence-electron chi connectivity index (χ3n) is 5.29. The van der Waals surface area contributed by atoms with Crippen molar-refractivity contribution in [2.45, 2.75) is 12.1 Å². The van der Waals surface area contributed by atoms with Crippen LogP contribution in [0.15, 0.2) is 79.1 Å². The van der Waals surface area contributed by atoms with Crippen LogP contribution in [0.4, 0.5) is 5.69 Å². The molecule has 168 valence electrons. The van der Waals surface area contributed by atoms with Gasteiger partial charge in [0.15, 0.2) is 6.10 Å². The van der Waals surface area contributed by atoms with Crippen LogP contribution in [0, 0.1) is 0 Å². The van der Waals surface area contributed by atoms with E-state index in [-0.39, 0.29) is 0 Å². The zero-order valence-corrected chi connectivity index (χ0v) is 17.8. The SMILES string of the molecule is COc1ccc(C(=O)NC(c2ccccc2)C(O)C(=O)N(N)c2ccc3nc[nH]c3c2)cc1. The number of nitrogens with two attached hydrogens (primary N) is 1. The Bertz CT molecular complexity index is 1260. The van der Waals surface area contributed by atoms with Crippen molar-refractivity contribution in [2.24, 2.45) is 5.84 Å². The Morgan fingerprint density at radius 1 is 1.09 bits per heavy atom. The molecule has 2 amide bonds. The monoisotopic (exact) mass is 445 g/mol. The number of ether oxygens (including phenoxy) is 1. The van der Waals surface area contributed by atoms with E-state index in [4.69, 9.17) is 10.6 Å². The van der Waals surface area contributed by atoms with E-state index < -0.39 is 24.0 Å². The van der Waals surface area contributed by atoms with Crippen molar-refractivity contribution in [3.05, 3.63) is 90.3 Å². The molecule has 5 N–H and O–H groups in total. The number of rotatable bonds is 7. The molecule has 0 saturated carbocycles. The summed E-state index contributed by atoms with van der Waals surface area (Å²) in [5.74, 6) is 5.42. The largest absolute Gasteiger partial charge is 0.497 e. The van der Waals surface area contributed by atoms with Gasteiger partial charge < -0.3 is 20.1 Å². The molecule has 0 saturated heterocycles. The Balaban J connectivity index is 1.58. The number of carbonyl (C=O) groups excluding carboxylic acids is 2. The number of hydrazine groups is 1. The van der Waals surface area contributed by atoms with Crippen LogP contribution in [0.1, 0.15) is 22.0 Å². The Morgan fingerprint density at radius 3 is 2.52 bits per heavy atom. The normalized spacial score (nSPS) is 12.7. The van der Waals surface area contributed by atoms with Gasteiger partial charge in [0.2, 0.25) is 0 Å². The summed E-state index contributed by atoms with van der Waals surface area (Å²) in [5, 5.41) is 14.6. The molecule has 1 heterocycles. The van der Waals surface area contributed by atoms with E-state index in [1.165, 1.54) is 13.4 Å². The van der Waals surface area contributed by atoms with Crippen molar-refractivity contribution in [1.29, 1.82) is 0 Å². The summed E-state index contributed by atoms with van der Waals surface area (Å²) in [7, 11) is 1.53. The summed E-state index contributed by atoms with van der Waals surface area (Å²) in [6, 6.07) is 19.2. The Morgan fingerprint density at radius 2 is 1.82 bits per heavy atom. The molecule has 0 aliphatic rings. The molecule has 0 aliphatic heterocycles. The van der Waals surface area contributed by atoms with E-state index in [9.17, 15) is 14.7 Å². The first kappa shape index (κ1) is 22.0. The highest BCUT2D eigenvalue weighted by Crippen LogP contribution is 2.23. The molecule has 1 aromatic heterocycles. The number of aliphatic hydroxyl groups excluding tert-OH is 1. The van der Waals surface area contributed by atoms with Crippen molar-refractivity contribution in [2.75, 3.05) is 12.1 Å². The number of amides is 2.